The standard InChI is InChI=1S/C12H11F3O2/c1-3-4-8-7-9(12(13,14)15)5-6-10(8)11(16)17-2/h3-7H,1-2H3/b4-3+. The fourth-order valence-electron chi connectivity index (χ4n) is 1.35. The fraction of sp³-hybridized carbons (Fsp3) is 0.250. The van der Waals surface area contributed by atoms with Crippen molar-refractivity contribution in [1.82, 2.24) is 0 Å². The lowest BCUT2D eigenvalue weighted by Crippen LogP contribution is -2.09. The quantitative estimate of drug-likeness (QED) is 0.744. The Hall–Kier alpha value is -1.78. The Morgan fingerprint density at radius 1 is 1.35 bits per heavy atom. The molecule has 1 rings (SSSR count). The van der Waals surface area contributed by atoms with Crippen LogP contribution in [0.4, 0.5) is 13.2 Å². The molecule has 0 aliphatic heterocycles. The lowest BCUT2D eigenvalue weighted by molar-refractivity contribution is -0.137. The first-order valence-corrected chi connectivity index (χ1v) is 4.82. The van der Waals surface area contributed by atoms with Crippen molar-refractivity contribution in [3.8, 4) is 0 Å². The predicted octanol–water partition coefficient (Wildman–Crippen LogP) is 3.53. The molecule has 2 nitrogen and oxygen atoms in total. The normalized spacial score (nSPS) is 11.8. The van der Waals surface area contributed by atoms with Gasteiger partial charge in [-0.2, -0.15) is 13.2 Å². The summed E-state index contributed by atoms with van der Waals surface area (Å²) in [4.78, 5) is 11.3. The molecule has 92 valence electrons. The Balaban J connectivity index is 3.32. The zero-order valence-corrected chi connectivity index (χ0v) is 9.34. The van der Waals surface area contributed by atoms with Gasteiger partial charge in [0.1, 0.15) is 0 Å². The zero-order valence-electron chi connectivity index (χ0n) is 9.34. The highest BCUT2D eigenvalue weighted by Crippen LogP contribution is 2.31. The Morgan fingerprint density at radius 3 is 2.47 bits per heavy atom. The van der Waals surface area contributed by atoms with Gasteiger partial charge < -0.3 is 4.74 Å². The molecule has 0 heterocycles. The number of hydrogen-bond acceptors (Lipinski definition) is 2. The average molecular weight is 244 g/mol. The Labute approximate surface area is 96.7 Å². The first kappa shape index (κ1) is 13.3. The van der Waals surface area contributed by atoms with Gasteiger partial charge in [0.25, 0.3) is 0 Å². The molecule has 0 amide bonds. The van der Waals surface area contributed by atoms with E-state index in [0.29, 0.717) is 0 Å². The van der Waals surface area contributed by atoms with E-state index in [9.17, 15) is 18.0 Å². The number of allylic oxidation sites excluding steroid dienone is 1. The van der Waals surface area contributed by atoms with Crippen LogP contribution >= 0.6 is 0 Å². The molecule has 0 bridgehead atoms. The molecule has 0 saturated heterocycles. The predicted molar refractivity (Wildman–Crippen MR) is 57.5 cm³/mol. The van der Waals surface area contributed by atoms with Gasteiger partial charge in [0, 0.05) is 0 Å². The molecule has 0 spiro atoms. The minimum atomic E-state index is -4.43. The monoisotopic (exact) mass is 244 g/mol. The molecule has 0 unspecified atom stereocenters. The summed E-state index contributed by atoms with van der Waals surface area (Å²) in [6.07, 6.45) is -1.44. The molecule has 0 atom stereocenters. The minimum absolute atomic E-state index is 0.110. The molecule has 0 fully saturated rings. The van der Waals surface area contributed by atoms with Gasteiger partial charge in [-0.15, -0.1) is 0 Å². The third-order valence-electron chi connectivity index (χ3n) is 2.13. The van der Waals surface area contributed by atoms with Crippen molar-refractivity contribution in [1.29, 1.82) is 0 Å². The lowest BCUT2D eigenvalue weighted by atomic mass is 10.0. The molecule has 17 heavy (non-hydrogen) atoms. The zero-order chi connectivity index (χ0) is 13.1. The highest BCUT2D eigenvalue weighted by molar-refractivity contribution is 5.93. The summed E-state index contributed by atoms with van der Waals surface area (Å²) in [5, 5.41) is 0. The number of methoxy groups -OCH3 is 1. The summed E-state index contributed by atoms with van der Waals surface area (Å²) in [6, 6.07) is 2.90. The molecule has 1 aromatic carbocycles. The van der Waals surface area contributed by atoms with Crippen LogP contribution in [-0.4, -0.2) is 13.1 Å². The first-order valence-electron chi connectivity index (χ1n) is 4.82. The van der Waals surface area contributed by atoms with E-state index in [1.54, 1.807) is 13.0 Å². The lowest BCUT2D eigenvalue weighted by Gasteiger charge is -2.10. The third-order valence-corrected chi connectivity index (χ3v) is 2.13. The summed E-state index contributed by atoms with van der Waals surface area (Å²) < 4.78 is 41.9. The van der Waals surface area contributed by atoms with Crippen LogP contribution in [0.15, 0.2) is 24.3 Å². The van der Waals surface area contributed by atoms with Gasteiger partial charge in [-0.05, 0) is 30.7 Å². The van der Waals surface area contributed by atoms with Crippen LogP contribution < -0.4 is 0 Å². The summed E-state index contributed by atoms with van der Waals surface area (Å²) in [6.45, 7) is 1.65. The number of esters is 1. The van der Waals surface area contributed by atoms with Crippen molar-refractivity contribution in [3.05, 3.63) is 41.0 Å². The van der Waals surface area contributed by atoms with Crippen LogP contribution in [0.1, 0.15) is 28.4 Å². The molecule has 0 aromatic heterocycles. The van der Waals surface area contributed by atoms with E-state index >= 15 is 0 Å². The molecule has 5 heteroatoms. The second kappa shape index (κ2) is 5.03. The van der Waals surface area contributed by atoms with Crippen LogP contribution in [0.2, 0.25) is 0 Å². The average Bonchev–Trinajstić information content (AvgIpc) is 2.27. The number of halogens is 3. The van der Waals surface area contributed by atoms with E-state index in [2.05, 4.69) is 4.74 Å². The van der Waals surface area contributed by atoms with Crippen molar-refractivity contribution >= 4 is 12.0 Å². The highest BCUT2D eigenvalue weighted by atomic mass is 19.4. The van der Waals surface area contributed by atoms with Crippen LogP contribution in [0.3, 0.4) is 0 Å². The van der Waals surface area contributed by atoms with E-state index in [4.69, 9.17) is 0 Å². The number of carbonyl (C=O) groups is 1. The van der Waals surface area contributed by atoms with Gasteiger partial charge in [0.15, 0.2) is 0 Å². The molecular weight excluding hydrogens is 233 g/mol. The van der Waals surface area contributed by atoms with Crippen LogP contribution in [0.25, 0.3) is 6.08 Å². The number of benzene rings is 1. The van der Waals surface area contributed by atoms with Gasteiger partial charge in [0.05, 0.1) is 18.2 Å². The summed E-state index contributed by atoms with van der Waals surface area (Å²) in [5.74, 6) is -0.660. The topological polar surface area (TPSA) is 26.3 Å². The maximum absolute atomic E-state index is 12.5. The van der Waals surface area contributed by atoms with Gasteiger partial charge in [-0.1, -0.05) is 12.2 Å². The summed E-state index contributed by atoms with van der Waals surface area (Å²) >= 11 is 0. The molecule has 0 radical (unpaired) electrons. The van der Waals surface area contributed by atoms with Crippen LogP contribution in [0.5, 0.6) is 0 Å². The molecule has 1 aromatic rings. The highest BCUT2D eigenvalue weighted by Gasteiger charge is 2.31. The Bertz CT molecular complexity index is 448. The number of hydrogen-bond donors (Lipinski definition) is 0. The largest absolute Gasteiger partial charge is 0.465 e. The van der Waals surface area contributed by atoms with Crippen LogP contribution in [0, 0.1) is 0 Å². The maximum Gasteiger partial charge on any atom is 0.416 e. The van der Waals surface area contributed by atoms with Crippen molar-refractivity contribution in [3.63, 3.8) is 0 Å². The molecule has 0 N–H and O–H groups in total. The molecule has 0 aliphatic rings. The van der Waals surface area contributed by atoms with Gasteiger partial charge in [-0.3, -0.25) is 0 Å². The fourth-order valence-corrected chi connectivity index (χ4v) is 1.35. The van der Waals surface area contributed by atoms with E-state index in [0.717, 1.165) is 18.2 Å². The Kier molecular flexibility index (Phi) is 3.93. The van der Waals surface area contributed by atoms with Gasteiger partial charge in [-0.25, -0.2) is 4.79 Å². The molecule has 0 saturated carbocycles. The second-order valence-corrected chi connectivity index (χ2v) is 3.29. The number of rotatable bonds is 2. The summed E-state index contributed by atoms with van der Waals surface area (Å²) in [7, 11) is 1.18. The van der Waals surface area contributed by atoms with Crippen LogP contribution in [-0.2, 0) is 10.9 Å². The van der Waals surface area contributed by atoms with E-state index in [-0.39, 0.29) is 11.1 Å². The minimum Gasteiger partial charge on any atom is -0.465 e. The van der Waals surface area contributed by atoms with Crippen molar-refractivity contribution in [2.45, 2.75) is 13.1 Å². The molecule has 0 aliphatic carbocycles. The smallest absolute Gasteiger partial charge is 0.416 e. The first-order chi connectivity index (χ1) is 7.90. The van der Waals surface area contributed by atoms with Crippen molar-refractivity contribution in [2.24, 2.45) is 0 Å². The van der Waals surface area contributed by atoms with Crippen molar-refractivity contribution < 1.29 is 22.7 Å². The van der Waals surface area contributed by atoms with E-state index in [1.807, 2.05) is 0 Å². The molecular formula is C12H11F3O2. The summed E-state index contributed by atoms with van der Waals surface area (Å²) in [5.41, 5.74) is -0.494. The number of carbonyl (C=O) groups excluding carboxylic acids is 1. The van der Waals surface area contributed by atoms with E-state index < -0.39 is 17.7 Å². The second-order valence-electron chi connectivity index (χ2n) is 3.29. The Morgan fingerprint density at radius 2 is 2.00 bits per heavy atom. The SMILES string of the molecule is C/C=C/c1cc(C(F)(F)F)ccc1C(=O)OC. The van der Waals surface area contributed by atoms with E-state index in [1.165, 1.54) is 13.2 Å². The van der Waals surface area contributed by atoms with Gasteiger partial charge in [0.2, 0.25) is 0 Å². The van der Waals surface area contributed by atoms with Crippen molar-refractivity contribution in [2.75, 3.05) is 7.11 Å². The number of ether oxygens (including phenoxy) is 1. The van der Waals surface area contributed by atoms with Gasteiger partial charge >= 0.3 is 12.1 Å². The maximum atomic E-state index is 12.5. The number of alkyl halides is 3. The third kappa shape index (κ3) is 3.09.